The van der Waals surface area contributed by atoms with Crippen molar-refractivity contribution in [3.63, 3.8) is 0 Å². The number of benzene rings is 1. The van der Waals surface area contributed by atoms with Crippen molar-refractivity contribution in [1.82, 2.24) is 4.98 Å². The molecule has 0 spiro atoms. The van der Waals surface area contributed by atoms with Crippen LogP contribution in [0.5, 0.6) is 0 Å². The van der Waals surface area contributed by atoms with E-state index < -0.39 is 12.0 Å². The first-order valence-corrected chi connectivity index (χ1v) is 7.74. The standard InChI is InChI=1S/C16H18N2O2S/c1-12-6-2-3-7-13(12)18-14(16(19)20)9-11-21-15-8-4-5-10-17-15/h2-8,10,14,18H,9,11H2,1H3,(H,19,20)/t14-/m0/s1. The summed E-state index contributed by atoms with van der Waals surface area (Å²) in [5, 5.41) is 13.3. The van der Waals surface area contributed by atoms with Gasteiger partial charge in [0, 0.05) is 17.6 Å². The van der Waals surface area contributed by atoms with Gasteiger partial charge in [0.05, 0.1) is 5.03 Å². The Bertz CT molecular complexity index is 590. The predicted octanol–water partition coefficient (Wildman–Crippen LogP) is 3.44. The van der Waals surface area contributed by atoms with Gasteiger partial charge in [-0.1, -0.05) is 24.3 Å². The van der Waals surface area contributed by atoms with E-state index in [1.165, 1.54) is 0 Å². The van der Waals surface area contributed by atoms with Gasteiger partial charge in [-0.25, -0.2) is 9.78 Å². The van der Waals surface area contributed by atoms with Gasteiger partial charge in [0.1, 0.15) is 6.04 Å². The van der Waals surface area contributed by atoms with E-state index >= 15 is 0 Å². The number of aromatic nitrogens is 1. The van der Waals surface area contributed by atoms with Crippen LogP contribution in [-0.4, -0.2) is 27.9 Å². The molecule has 0 amide bonds. The van der Waals surface area contributed by atoms with E-state index in [4.69, 9.17) is 0 Å². The van der Waals surface area contributed by atoms with Gasteiger partial charge < -0.3 is 10.4 Å². The van der Waals surface area contributed by atoms with Crippen molar-refractivity contribution >= 4 is 23.4 Å². The molecular formula is C16H18N2O2S. The van der Waals surface area contributed by atoms with Crippen LogP contribution in [0.3, 0.4) is 0 Å². The molecule has 1 aromatic heterocycles. The quantitative estimate of drug-likeness (QED) is 0.767. The lowest BCUT2D eigenvalue weighted by molar-refractivity contribution is -0.137. The van der Waals surface area contributed by atoms with Crippen LogP contribution in [-0.2, 0) is 4.79 Å². The van der Waals surface area contributed by atoms with Crippen molar-refractivity contribution < 1.29 is 9.90 Å². The SMILES string of the molecule is Cc1ccccc1N[C@@H](CCSc1ccccn1)C(=O)O. The van der Waals surface area contributed by atoms with Gasteiger partial charge in [0.2, 0.25) is 0 Å². The zero-order valence-electron chi connectivity index (χ0n) is 11.8. The first-order chi connectivity index (χ1) is 10.2. The van der Waals surface area contributed by atoms with Crippen LogP contribution in [0.4, 0.5) is 5.69 Å². The van der Waals surface area contributed by atoms with E-state index in [0.717, 1.165) is 16.3 Å². The molecule has 1 aromatic carbocycles. The molecule has 0 saturated heterocycles. The second-order valence-corrected chi connectivity index (χ2v) is 5.77. The lowest BCUT2D eigenvalue weighted by Crippen LogP contribution is -2.30. The number of nitrogens with zero attached hydrogens (tertiary/aromatic N) is 1. The highest BCUT2D eigenvalue weighted by molar-refractivity contribution is 7.99. The molecular weight excluding hydrogens is 284 g/mol. The number of anilines is 1. The van der Waals surface area contributed by atoms with Gasteiger partial charge in [-0.2, -0.15) is 0 Å². The zero-order valence-corrected chi connectivity index (χ0v) is 12.6. The normalized spacial score (nSPS) is 11.9. The molecule has 0 aliphatic heterocycles. The third-order valence-corrected chi connectivity index (χ3v) is 4.04. The van der Waals surface area contributed by atoms with Gasteiger partial charge in [-0.05, 0) is 37.1 Å². The van der Waals surface area contributed by atoms with Crippen molar-refractivity contribution in [2.24, 2.45) is 0 Å². The number of carboxylic acid groups (broad SMARTS) is 1. The molecule has 0 aliphatic rings. The largest absolute Gasteiger partial charge is 0.480 e. The molecule has 0 bridgehead atoms. The highest BCUT2D eigenvalue weighted by atomic mass is 32.2. The Morgan fingerprint density at radius 1 is 1.29 bits per heavy atom. The number of carbonyl (C=O) groups is 1. The maximum atomic E-state index is 11.4. The van der Waals surface area contributed by atoms with Crippen LogP contribution in [0.1, 0.15) is 12.0 Å². The number of nitrogens with one attached hydrogen (secondary N) is 1. The summed E-state index contributed by atoms with van der Waals surface area (Å²) in [6, 6.07) is 12.8. The van der Waals surface area contributed by atoms with Crippen molar-refractivity contribution in [3.8, 4) is 0 Å². The zero-order chi connectivity index (χ0) is 15.1. The highest BCUT2D eigenvalue weighted by Crippen LogP contribution is 2.19. The van der Waals surface area contributed by atoms with Crippen molar-refractivity contribution in [3.05, 3.63) is 54.2 Å². The van der Waals surface area contributed by atoms with Gasteiger partial charge in [-0.15, -0.1) is 11.8 Å². The van der Waals surface area contributed by atoms with E-state index in [1.807, 2.05) is 49.4 Å². The number of para-hydroxylation sites is 1. The summed E-state index contributed by atoms with van der Waals surface area (Å²) < 4.78 is 0. The van der Waals surface area contributed by atoms with Crippen molar-refractivity contribution in [2.45, 2.75) is 24.4 Å². The van der Waals surface area contributed by atoms with Crippen LogP contribution in [0.25, 0.3) is 0 Å². The predicted molar refractivity (Wildman–Crippen MR) is 85.8 cm³/mol. The van der Waals surface area contributed by atoms with E-state index in [1.54, 1.807) is 18.0 Å². The average Bonchev–Trinajstić information content (AvgIpc) is 2.49. The third-order valence-electron chi connectivity index (χ3n) is 3.07. The summed E-state index contributed by atoms with van der Waals surface area (Å²) in [6.07, 6.45) is 2.27. The summed E-state index contributed by atoms with van der Waals surface area (Å²) in [7, 11) is 0. The van der Waals surface area contributed by atoms with E-state index in [9.17, 15) is 9.90 Å². The minimum atomic E-state index is -0.833. The topological polar surface area (TPSA) is 62.2 Å². The molecule has 0 fully saturated rings. The number of hydrogen-bond donors (Lipinski definition) is 2. The Kier molecular flexibility index (Phi) is 5.63. The van der Waals surface area contributed by atoms with Crippen LogP contribution < -0.4 is 5.32 Å². The van der Waals surface area contributed by atoms with Gasteiger partial charge in [0.25, 0.3) is 0 Å². The van der Waals surface area contributed by atoms with Crippen LogP contribution in [0.15, 0.2) is 53.7 Å². The summed E-state index contributed by atoms with van der Waals surface area (Å²) in [5.41, 5.74) is 1.91. The minimum absolute atomic E-state index is 0.533. The van der Waals surface area contributed by atoms with E-state index in [2.05, 4.69) is 10.3 Å². The van der Waals surface area contributed by atoms with Gasteiger partial charge >= 0.3 is 5.97 Å². The Morgan fingerprint density at radius 2 is 2.05 bits per heavy atom. The lowest BCUT2D eigenvalue weighted by atomic mass is 10.1. The third kappa shape index (κ3) is 4.79. The first kappa shape index (κ1) is 15.4. The Morgan fingerprint density at radius 3 is 2.71 bits per heavy atom. The summed E-state index contributed by atoms with van der Waals surface area (Å²) in [5.74, 6) is -0.132. The molecule has 21 heavy (non-hydrogen) atoms. The molecule has 2 rings (SSSR count). The van der Waals surface area contributed by atoms with Crippen molar-refractivity contribution in [2.75, 3.05) is 11.1 Å². The summed E-state index contributed by atoms with van der Waals surface area (Å²) in [6.45, 7) is 1.96. The second kappa shape index (κ2) is 7.69. The Hall–Kier alpha value is -2.01. The monoisotopic (exact) mass is 302 g/mol. The molecule has 2 aromatic rings. The molecule has 1 heterocycles. The molecule has 110 valence electrons. The smallest absolute Gasteiger partial charge is 0.326 e. The fraction of sp³-hybridized carbons (Fsp3) is 0.250. The Labute approximate surface area is 128 Å². The molecule has 5 heteroatoms. The van der Waals surface area contributed by atoms with E-state index in [-0.39, 0.29) is 0 Å². The van der Waals surface area contributed by atoms with Crippen molar-refractivity contribution in [1.29, 1.82) is 0 Å². The number of aliphatic carboxylic acids is 1. The number of rotatable bonds is 7. The average molecular weight is 302 g/mol. The molecule has 2 N–H and O–H groups in total. The summed E-state index contributed by atoms with van der Waals surface area (Å²) in [4.78, 5) is 15.6. The lowest BCUT2D eigenvalue weighted by Gasteiger charge is -2.17. The minimum Gasteiger partial charge on any atom is -0.480 e. The fourth-order valence-electron chi connectivity index (χ4n) is 1.89. The maximum absolute atomic E-state index is 11.4. The number of aryl methyl sites for hydroxylation is 1. The van der Waals surface area contributed by atoms with Gasteiger partial charge in [0.15, 0.2) is 0 Å². The maximum Gasteiger partial charge on any atom is 0.326 e. The van der Waals surface area contributed by atoms with E-state index in [0.29, 0.717) is 12.2 Å². The number of hydrogen-bond acceptors (Lipinski definition) is 4. The molecule has 0 aliphatic carbocycles. The fourth-order valence-corrected chi connectivity index (χ4v) is 2.77. The number of carboxylic acids is 1. The highest BCUT2D eigenvalue weighted by Gasteiger charge is 2.17. The van der Waals surface area contributed by atoms with Crippen LogP contribution in [0.2, 0.25) is 0 Å². The molecule has 4 nitrogen and oxygen atoms in total. The summed E-state index contributed by atoms with van der Waals surface area (Å²) >= 11 is 1.57. The van der Waals surface area contributed by atoms with Crippen LogP contribution >= 0.6 is 11.8 Å². The number of pyridine rings is 1. The number of thioether (sulfide) groups is 1. The Balaban J connectivity index is 1.91. The molecule has 0 unspecified atom stereocenters. The second-order valence-electron chi connectivity index (χ2n) is 4.66. The molecule has 0 saturated carbocycles. The van der Waals surface area contributed by atoms with Crippen LogP contribution in [0, 0.1) is 6.92 Å². The molecule has 0 radical (unpaired) electrons. The molecule has 1 atom stereocenters. The van der Waals surface area contributed by atoms with Gasteiger partial charge in [-0.3, -0.25) is 0 Å². The first-order valence-electron chi connectivity index (χ1n) is 6.75.